The first-order chi connectivity index (χ1) is 9.10. The molecular formula is C14H11ClFNO2. The molecule has 0 saturated carbocycles. The first kappa shape index (κ1) is 13.4. The van der Waals surface area contributed by atoms with Crippen molar-refractivity contribution in [3.63, 3.8) is 0 Å². The van der Waals surface area contributed by atoms with E-state index in [0.29, 0.717) is 16.5 Å². The molecule has 0 unspecified atom stereocenters. The van der Waals surface area contributed by atoms with E-state index in [4.69, 9.17) is 16.3 Å². The first-order valence-electron chi connectivity index (χ1n) is 5.50. The van der Waals surface area contributed by atoms with Crippen LogP contribution in [0.2, 0.25) is 5.02 Å². The molecule has 5 heteroatoms. The lowest BCUT2D eigenvalue weighted by Crippen LogP contribution is -2.13. The standard InChI is InChI=1S/C14H11ClFNO2/c1-19-11-6-7-12(13(16)8-11)14(18)17-10-4-2-9(15)3-5-10/h2-8H,1H3,(H,17,18). The Morgan fingerprint density at radius 2 is 1.89 bits per heavy atom. The van der Waals surface area contributed by atoms with Crippen LogP contribution in [0.4, 0.5) is 10.1 Å². The summed E-state index contributed by atoms with van der Waals surface area (Å²) < 4.78 is 18.6. The van der Waals surface area contributed by atoms with Crippen LogP contribution in [0.25, 0.3) is 0 Å². The van der Waals surface area contributed by atoms with E-state index in [1.54, 1.807) is 24.3 Å². The molecule has 0 bridgehead atoms. The molecule has 2 aromatic carbocycles. The average molecular weight is 280 g/mol. The summed E-state index contributed by atoms with van der Waals surface area (Å²) in [6, 6.07) is 10.6. The van der Waals surface area contributed by atoms with Crippen LogP contribution in [-0.4, -0.2) is 13.0 Å². The number of hydrogen-bond acceptors (Lipinski definition) is 2. The third kappa shape index (κ3) is 3.23. The first-order valence-corrected chi connectivity index (χ1v) is 5.88. The zero-order valence-corrected chi connectivity index (χ0v) is 10.9. The normalized spacial score (nSPS) is 10.1. The van der Waals surface area contributed by atoms with Crippen LogP contribution in [0.3, 0.4) is 0 Å². The van der Waals surface area contributed by atoms with Gasteiger partial charge >= 0.3 is 0 Å². The van der Waals surface area contributed by atoms with Gasteiger partial charge in [-0.2, -0.15) is 0 Å². The summed E-state index contributed by atoms with van der Waals surface area (Å²) in [7, 11) is 1.43. The number of hydrogen-bond donors (Lipinski definition) is 1. The summed E-state index contributed by atoms with van der Waals surface area (Å²) >= 11 is 5.74. The molecule has 1 amide bonds. The van der Waals surface area contributed by atoms with Gasteiger partial charge < -0.3 is 10.1 Å². The summed E-state index contributed by atoms with van der Waals surface area (Å²) in [5.74, 6) is -0.797. The fourth-order valence-electron chi connectivity index (χ4n) is 1.54. The molecule has 0 aliphatic heterocycles. The van der Waals surface area contributed by atoms with Crippen LogP contribution in [0.5, 0.6) is 5.75 Å². The second-order valence-electron chi connectivity index (χ2n) is 3.81. The predicted octanol–water partition coefficient (Wildman–Crippen LogP) is 3.74. The number of halogens is 2. The van der Waals surface area contributed by atoms with Crippen molar-refractivity contribution in [1.82, 2.24) is 0 Å². The Bertz CT molecular complexity index is 599. The van der Waals surface area contributed by atoms with Crippen molar-refractivity contribution in [2.75, 3.05) is 12.4 Å². The minimum Gasteiger partial charge on any atom is -0.497 e. The Balaban J connectivity index is 2.18. The lowest BCUT2D eigenvalue weighted by atomic mass is 10.2. The third-order valence-corrected chi connectivity index (χ3v) is 2.77. The quantitative estimate of drug-likeness (QED) is 0.929. The maximum atomic E-state index is 13.7. The molecule has 98 valence electrons. The molecule has 19 heavy (non-hydrogen) atoms. The highest BCUT2D eigenvalue weighted by Gasteiger charge is 2.12. The number of carbonyl (C=O) groups excluding carboxylic acids is 1. The van der Waals surface area contributed by atoms with Crippen molar-refractivity contribution in [1.29, 1.82) is 0 Å². The lowest BCUT2D eigenvalue weighted by molar-refractivity contribution is 0.102. The van der Waals surface area contributed by atoms with Crippen molar-refractivity contribution >= 4 is 23.2 Å². The molecule has 0 aromatic heterocycles. The van der Waals surface area contributed by atoms with Crippen LogP contribution < -0.4 is 10.1 Å². The number of carbonyl (C=O) groups is 1. The van der Waals surface area contributed by atoms with Crippen molar-refractivity contribution in [3.8, 4) is 5.75 Å². The van der Waals surface area contributed by atoms with E-state index in [-0.39, 0.29) is 5.56 Å². The summed E-state index contributed by atoms with van der Waals surface area (Å²) in [4.78, 5) is 11.9. The Morgan fingerprint density at radius 1 is 1.21 bits per heavy atom. The monoisotopic (exact) mass is 279 g/mol. The maximum Gasteiger partial charge on any atom is 0.258 e. The summed E-state index contributed by atoms with van der Waals surface area (Å²) in [6.45, 7) is 0. The fourth-order valence-corrected chi connectivity index (χ4v) is 1.66. The summed E-state index contributed by atoms with van der Waals surface area (Å²) in [6.07, 6.45) is 0. The Labute approximate surface area is 115 Å². The van der Waals surface area contributed by atoms with E-state index in [1.165, 1.54) is 19.2 Å². The lowest BCUT2D eigenvalue weighted by Gasteiger charge is -2.07. The van der Waals surface area contributed by atoms with Crippen LogP contribution in [0.1, 0.15) is 10.4 Å². The van der Waals surface area contributed by atoms with Crippen molar-refractivity contribution in [2.24, 2.45) is 0 Å². The Hall–Kier alpha value is -2.07. The molecule has 0 heterocycles. The Kier molecular flexibility index (Phi) is 4.02. The molecular weight excluding hydrogens is 269 g/mol. The topological polar surface area (TPSA) is 38.3 Å². The largest absolute Gasteiger partial charge is 0.497 e. The van der Waals surface area contributed by atoms with Crippen molar-refractivity contribution < 1.29 is 13.9 Å². The molecule has 3 nitrogen and oxygen atoms in total. The van der Waals surface area contributed by atoms with Crippen molar-refractivity contribution in [2.45, 2.75) is 0 Å². The third-order valence-electron chi connectivity index (χ3n) is 2.52. The number of rotatable bonds is 3. The molecule has 0 aliphatic rings. The summed E-state index contributed by atoms with van der Waals surface area (Å²) in [5.41, 5.74) is 0.500. The van der Waals surface area contributed by atoms with Crippen molar-refractivity contribution in [3.05, 3.63) is 58.9 Å². The molecule has 0 radical (unpaired) electrons. The van der Waals surface area contributed by atoms with Gasteiger partial charge in [-0.3, -0.25) is 4.79 Å². The molecule has 0 aliphatic carbocycles. The van der Waals surface area contributed by atoms with E-state index in [0.717, 1.165) is 6.07 Å². The minimum atomic E-state index is -0.634. The van der Waals surface area contributed by atoms with E-state index in [2.05, 4.69) is 5.32 Å². The minimum absolute atomic E-state index is 0.0456. The smallest absolute Gasteiger partial charge is 0.258 e. The van der Waals surface area contributed by atoms with Crippen LogP contribution in [-0.2, 0) is 0 Å². The van der Waals surface area contributed by atoms with E-state index in [9.17, 15) is 9.18 Å². The van der Waals surface area contributed by atoms with Gasteiger partial charge in [-0.1, -0.05) is 11.6 Å². The average Bonchev–Trinajstić information content (AvgIpc) is 2.41. The van der Waals surface area contributed by atoms with Gasteiger partial charge in [0, 0.05) is 16.8 Å². The number of amides is 1. The molecule has 1 N–H and O–H groups in total. The predicted molar refractivity (Wildman–Crippen MR) is 72.4 cm³/mol. The van der Waals surface area contributed by atoms with Gasteiger partial charge in [0.2, 0.25) is 0 Å². The van der Waals surface area contributed by atoms with Gasteiger partial charge in [0.15, 0.2) is 0 Å². The van der Waals surface area contributed by atoms with Gasteiger partial charge in [-0.25, -0.2) is 4.39 Å². The van der Waals surface area contributed by atoms with E-state index < -0.39 is 11.7 Å². The SMILES string of the molecule is COc1ccc(C(=O)Nc2ccc(Cl)cc2)c(F)c1. The number of methoxy groups -OCH3 is 1. The molecule has 0 spiro atoms. The van der Waals surface area contributed by atoms with Crippen LogP contribution in [0, 0.1) is 5.82 Å². The zero-order valence-electron chi connectivity index (χ0n) is 10.1. The highest BCUT2D eigenvalue weighted by molar-refractivity contribution is 6.30. The molecule has 2 aromatic rings. The van der Waals surface area contributed by atoms with Crippen LogP contribution in [0.15, 0.2) is 42.5 Å². The molecule has 0 fully saturated rings. The number of benzene rings is 2. The van der Waals surface area contributed by atoms with E-state index >= 15 is 0 Å². The van der Waals surface area contributed by atoms with Gasteiger partial charge in [0.1, 0.15) is 11.6 Å². The number of nitrogens with one attached hydrogen (secondary N) is 1. The van der Waals surface area contributed by atoms with Crippen LogP contribution >= 0.6 is 11.6 Å². The highest BCUT2D eigenvalue weighted by Crippen LogP contribution is 2.18. The highest BCUT2D eigenvalue weighted by atomic mass is 35.5. The number of ether oxygens (including phenoxy) is 1. The second-order valence-corrected chi connectivity index (χ2v) is 4.24. The van der Waals surface area contributed by atoms with Gasteiger partial charge in [-0.15, -0.1) is 0 Å². The fraction of sp³-hybridized carbons (Fsp3) is 0.0714. The Morgan fingerprint density at radius 3 is 2.47 bits per heavy atom. The summed E-state index contributed by atoms with van der Waals surface area (Å²) in [5, 5.41) is 3.15. The molecule has 2 rings (SSSR count). The number of anilines is 1. The zero-order chi connectivity index (χ0) is 13.8. The van der Waals surface area contributed by atoms with E-state index in [1.807, 2.05) is 0 Å². The molecule has 0 atom stereocenters. The van der Waals surface area contributed by atoms with Gasteiger partial charge in [-0.05, 0) is 36.4 Å². The van der Waals surface area contributed by atoms with Gasteiger partial charge in [0.05, 0.1) is 12.7 Å². The maximum absolute atomic E-state index is 13.7. The molecule has 0 saturated heterocycles. The van der Waals surface area contributed by atoms with Gasteiger partial charge in [0.25, 0.3) is 5.91 Å². The second kappa shape index (κ2) is 5.71.